The van der Waals surface area contributed by atoms with E-state index in [9.17, 15) is 18.0 Å². The fourth-order valence-corrected chi connectivity index (χ4v) is 3.66. The van der Waals surface area contributed by atoms with E-state index in [0.29, 0.717) is 29.2 Å². The molecule has 0 radical (unpaired) electrons. The summed E-state index contributed by atoms with van der Waals surface area (Å²) in [5.74, 6) is 0.179. The number of anilines is 1. The molecule has 0 aliphatic carbocycles. The van der Waals surface area contributed by atoms with Gasteiger partial charge in [0, 0.05) is 22.9 Å². The summed E-state index contributed by atoms with van der Waals surface area (Å²) in [5, 5.41) is 3.06. The number of allylic oxidation sites excluding steroid dienone is 2. The molecule has 0 saturated heterocycles. The number of para-hydroxylation sites is 1. The molecule has 5 nitrogen and oxygen atoms in total. The van der Waals surface area contributed by atoms with E-state index in [0.717, 1.165) is 11.6 Å². The first-order valence-electron chi connectivity index (χ1n) is 11.8. The monoisotopic (exact) mass is 549 g/mol. The third-order valence-electron chi connectivity index (χ3n) is 5.50. The van der Waals surface area contributed by atoms with Crippen LogP contribution in [-0.4, -0.2) is 17.8 Å². The van der Waals surface area contributed by atoms with Crippen molar-refractivity contribution in [3.8, 4) is 5.75 Å². The van der Waals surface area contributed by atoms with Gasteiger partial charge in [0.2, 0.25) is 0 Å². The van der Waals surface area contributed by atoms with Crippen LogP contribution in [0.4, 0.5) is 24.5 Å². The lowest BCUT2D eigenvalue weighted by Crippen LogP contribution is -2.21. The third-order valence-corrected chi connectivity index (χ3v) is 5.82. The van der Waals surface area contributed by atoms with Crippen LogP contribution in [-0.2, 0) is 6.61 Å². The maximum absolute atomic E-state index is 13.1. The lowest BCUT2D eigenvalue weighted by atomic mass is 10.1. The Morgan fingerprint density at radius 3 is 2.26 bits per heavy atom. The molecular weight excluding hydrogens is 527 g/mol. The molecule has 0 heterocycles. The molecule has 0 aliphatic rings. The van der Waals surface area contributed by atoms with E-state index in [-0.39, 0.29) is 16.4 Å². The number of hydrogen-bond donors (Lipinski definition) is 2. The quantitative estimate of drug-likeness (QED) is 0.221. The van der Waals surface area contributed by atoms with Crippen LogP contribution in [0.25, 0.3) is 0 Å². The van der Waals surface area contributed by atoms with Gasteiger partial charge in [0.1, 0.15) is 18.1 Å². The van der Waals surface area contributed by atoms with Crippen molar-refractivity contribution < 1.29 is 22.7 Å². The van der Waals surface area contributed by atoms with E-state index < -0.39 is 17.8 Å². The smallest absolute Gasteiger partial charge is 0.430 e. The minimum Gasteiger partial charge on any atom is -0.489 e. The number of carbonyl (C=O) groups is 1. The summed E-state index contributed by atoms with van der Waals surface area (Å²) in [6.45, 7) is 0.380. The highest BCUT2D eigenvalue weighted by Crippen LogP contribution is 2.27. The van der Waals surface area contributed by atoms with Gasteiger partial charge >= 0.3 is 6.18 Å². The van der Waals surface area contributed by atoms with Crippen LogP contribution in [0.2, 0.25) is 5.02 Å². The number of nitrogens with two attached hydrogens (primary N) is 1. The van der Waals surface area contributed by atoms with E-state index in [2.05, 4.69) is 10.3 Å². The van der Waals surface area contributed by atoms with Crippen LogP contribution in [0.5, 0.6) is 5.75 Å². The normalized spacial score (nSPS) is 12.2. The Bertz CT molecular complexity index is 1500. The lowest BCUT2D eigenvalue weighted by molar-refractivity contribution is -0.0925. The number of rotatable bonds is 8. The van der Waals surface area contributed by atoms with Gasteiger partial charge in [-0.1, -0.05) is 72.3 Å². The van der Waals surface area contributed by atoms with Gasteiger partial charge in [-0.15, -0.1) is 0 Å². The van der Waals surface area contributed by atoms with Gasteiger partial charge in [0.15, 0.2) is 0 Å². The van der Waals surface area contributed by atoms with E-state index in [1.165, 1.54) is 24.3 Å². The zero-order valence-corrected chi connectivity index (χ0v) is 21.2. The molecule has 0 fully saturated rings. The van der Waals surface area contributed by atoms with Crippen LogP contribution in [0.15, 0.2) is 120 Å². The average molecular weight is 550 g/mol. The topological polar surface area (TPSA) is 76.7 Å². The van der Waals surface area contributed by atoms with E-state index in [1.807, 2.05) is 30.3 Å². The number of alkyl halides is 3. The number of aliphatic imine (C=N–C) groups is 1. The zero-order chi connectivity index (χ0) is 27.8. The van der Waals surface area contributed by atoms with Crippen molar-refractivity contribution >= 4 is 34.6 Å². The number of ether oxygens (including phenoxy) is 1. The minimum atomic E-state index is -4.74. The average Bonchev–Trinajstić information content (AvgIpc) is 2.93. The molecule has 3 N–H and O–H groups in total. The highest BCUT2D eigenvalue weighted by molar-refractivity contribution is 6.33. The van der Waals surface area contributed by atoms with Crippen LogP contribution >= 0.6 is 11.6 Å². The van der Waals surface area contributed by atoms with E-state index in [4.69, 9.17) is 22.1 Å². The summed E-state index contributed by atoms with van der Waals surface area (Å²) in [5.41, 5.74) is 6.30. The maximum Gasteiger partial charge on any atom is 0.430 e. The van der Waals surface area contributed by atoms with Crippen LogP contribution < -0.4 is 15.8 Å². The van der Waals surface area contributed by atoms with Crippen molar-refractivity contribution in [1.82, 2.24) is 0 Å². The van der Waals surface area contributed by atoms with Crippen molar-refractivity contribution in [3.63, 3.8) is 0 Å². The molecule has 4 aromatic carbocycles. The minimum absolute atomic E-state index is 0.0619. The standard InChI is InChI=1S/C30H23ClF3N3O2/c31-25-11-4-5-12-26(25)37-27(18-28(35)30(32,33)34)21-13-15-22(16-14-21)29(38)36-23-9-6-10-24(17-23)39-19-20-7-2-1-3-8-20/h1-18H,19,35H2,(H,36,38)/b28-18-,37-27?. The molecule has 39 heavy (non-hydrogen) atoms. The van der Waals surface area contributed by atoms with Gasteiger partial charge < -0.3 is 15.8 Å². The first kappa shape index (κ1) is 27.5. The zero-order valence-electron chi connectivity index (χ0n) is 20.5. The Balaban J connectivity index is 1.51. The summed E-state index contributed by atoms with van der Waals surface area (Å²) < 4.78 is 45.2. The summed E-state index contributed by atoms with van der Waals surface area (Å²) in [6, 6.07) is 29.1. The number of amides is 1. The molecule has 4 aromatic rings. The predicted molar refractivity (Wildman–Crippen MR) is 148 cm³/mol. The second kappa shape index (κ2) is 12.3. The Labute approximate surface area is 228 Å². The highest BCUT2D eigenvalue weighted by atomic mass is 35.5. The number of nitrogens with one attached hydrogen (secondary N) is 1. The van der Waals surface area contributed by atoms with Gasteiger partial charge in [-0.25, -0.2) is 4.99 Å². The lowest BCUT2D eigenvalue weighted by Gasteiger charge is -2.11. The van der Waals surface area contributed by atoms with Crippen molar-refractivity contribution in [2.45, 2.75) is 12.8 Å². The largest absolute Gasteiger partial charge is 0.489 e. The van der Waals surface area contributed by atoms with Crippen molar-refractivity contribution in [3.05, 3.63) is 137 Å². The third kappa shape index (κ3) is 7.72. The SMILES string of the molecule is N/C(=C\C(=Nc1ccccc1Cl)c1ccc(C(=O)Nc2cccc(OCc3ccccc3)c2)cc1)C(F)(F)F. The molecular formula is C30H23ClF3N3O2. The molecule has 0 aliphatic heterocycles. The number of halogens is 4. The second-order valence-electron chi connectivity index (χ2n) is 8.38. The summed E-state index contributed by atoms with van der Waals surface area (Å²) >= 11 is 6.14. The Morgan fingerprint density at radius 2 is 1.56 bits per heavy atom. The number of hydrogen-bond acceptors (Lipinski definition) is 4. The molecule has 0 spiro atoms. The molecule has 9 heteroatoms. The maximum atomic E-state index is 13.1. The molecule has 198 valence electrons. The van der Waals surface area contributed by atoms with Crippen molar-refractivity contribution in [1.29, 1.82) is 0 Å². The molecule has 0 bridgehead atoms. The van der Waals surface area contributed by atoms with Crippen LogP contribution in [0.1, 0.15) is 21.5 Å². The van der Waals surface area contributed by atoms with Gasteiger partial charge in [-0.05, 0) is 48.0 Å². The summed E-state index contributed by atoms with van der Waals surface area (Å²) in [7, 11) is 0. The Morgan fingerprint density at radius 1 is 0.897 bits per heavy atom. The van der Waals surface area contributed by atoms with Crippen LogP contribution in [0, 0.1) is 0 Å². The van der Waals surface area contributed by atoms with Crippen molar-refractivity contribution in [2.75, 3.05) is 5.32 Å². The van der Waals surface area contributed by atoms with E-state index in [1.54, 1.807) is 48.5 Å². The van der Waals surface area contributed by atoms with Gasteiger partial charge in [-0.3, -0.25) is 4.79 Å². The highest BCUT2D eigenvalue weighted by Gasteiger charge is 2.31. The molecule has 0 saturated carbocycles. The summed E-state index contributed by atoms with van der Waals surface area (Å²) in [6.07, 6.45) is -4.00. The Hall–Kier alpha value is -4.56. The fraction of sp³-hybridized carbons (Fsp3) is 0.0667. The fourth-order valence-electron chi connectivity index (χ4n) is 3.48. The van der Waals surface area contributed by atoms with Gasteiger partial charge in [0.25, 0.3) is 5.91 Å². The second-order valence-corrected chi connectivity index (χ2v) is 8.79. The summed E-state index contributed by atoms with van der Waals surface area (Å²) in [4.78, 5) is 17.1. The molecule has 0 aromatic heterocycles. The van der Waals surface area contributed by atoms with Crippen molar-refractivity contribution in [2.24, 2.45) is 10.7 Å². The van der Waals surface area contributed by atoms with Crippen LogP contribution in [0.3, 0.4) is 0 Å². The van der Waals surface area contributed by atoms with E-state index >= 15 is 0 Å². The molecule has 0 atom stereocenters. The predicted octanol–water partition coefficient (Wildman–Crippen LogP) is 7.70. The molecule has 0 unspecified atom stereocenters. The van der Waals surface area contributed by atoms with Gasteiger partial charge in [-0.2, -0.15) is 13.2 Å². The number of nitrogens with zero attached hydrogens (tertiary/aromatic N) is 1. The molecule has 1 amide bonds. The molecule has 4 rings (SSSR count). The first-order valence-corrected chi connectivity index (χ1v) is 12.1. The number of benzene rings is 4. The Kier molecular flexibility index (Phi) is 8.68. The number of carbonyl (C=O) groups excluding carboxylic acids is 1. The first-order chi connectivity index (χ1) is 18.7. The van der Waals surface area contributed by atoms with Gasteiger partial charge in [0.05, 0.1) is 16.4 Å².